The fraction of sp³-hybridized carbons (Fsp3) is 0.438. The minimum absolute atomic E-state index is 0.0771. The van der Waals surface area contributed by atoms with Crippen LogP contribution in [0.1, 0.15) is 19.5 Å². The predicted molar refractivity (Wildman–Crippen MR) is 86.0 cm³/mol. The van der Waals surface area contributed by atoms with Crippen LogP contribution < -0.4 is 15.8 Å². The van der Waals surface area contributed by atoms with Crippen molar-refractivity contribution in [2.24, 2.45) is 7.05 Å². The Morgan fingerprint density at radius 2 is 2.18 bits per heavy atom. The van der Waals surface area contributed by atoms with E-state index in [9.17, 15) is 10.1 Å². The monoisotopic (exact) mass is 297 g/mol. The predicted octanol–water partition coefficient (Wildman–Crippen LogP) is 0.992. The van der Waals surface area contributed by atoms with E-state index in [-0.39, 0.29) is 11.6 Å². The maximum absolute atomic E-state index is 11.8. The maximum Gasteiger partial charge on any atom is 0.250 e. The number of hydrogen-bond acceptors (Lipinski definition) is 5. The van der Waals surface area contributed by atoms with E-state index < -0.39 is 0 Å². The quantitative estimate of drug-likeness (QED) is 0.850. The highest BCUT2D eigenvalue weighted by atomic mass is 16.1. The topological polar surface area (TPSA) is 74.0 Å². The first-order valence-electron chi connectivity index (χ1n) is 7.42. The van der Waals surface area contributed by atoms with E-state index in [1.165, 1.54) is 6.07 Å². The molecule has 1 aliphatic heterocycles. The van der Waals surface area contributed by atoms with Gasteiger partial charge >= 0.3 is 0 Å². The number of nitriles is 1. The van der Waals surface area contributed by atoms with Gasteiger partial charge in [0, 0.05) is 38.3 Å². The van der Waals surface area contributed by atoms with Crippen LogP contribution in [0.4, 0.5) is 5.69 Å². The maximum atomic E-state index is 11.8. The molecule has 0 aromatic carbocycles. The zero-order valence-electron chi connectivity index (χ0n) is 13.0. The molecule has 0 saturated carbocycles. The van der Waals surface area contributed by atoms with Crippen LogP contribution in [0, 0.1) is 11.3 Å². The van der Waals surface area contributed by atoms with E-state index in [1.54, 1.807) is 17.7 Å². The molecule has 1 aliphatic rings. The molecule has 1 N–H and O–H groups in total. The van der Waals surface area contributed by atoms with Crippen LogP contribution in [0.25, 0.3) is 11.0 Å². The van der Waals surface area contributed by atoms with Crippen LogP contribution in [-0.2, 0) is 7.05 Å². The van der Waals surface area contributed by atoms with E-state index in [0.717, 1.165) is 24.3 Å². The first kappa shape index (κ1) is 14.5. The third kappa shape index (κ3) is 2.34. The molecule has 22 heavy (non-hydrogen) atoms. The number of nitrogens with zero attached hydrogens (tertiary/aromatic N) is 4. The van der Waals surface area contributed by atoms with Gasteiger partial charge in [-0.3, -0.25) is 4.79 Å². The van der Waals surface area contributed by atoms with Crippen molar-refractivity contribution in [3.05, 3.63) is 34.2 Å². The molecule has 6 nitrogen and oxygen atoms in total. The van der Waals surface area contributed by atoms with Crippen LogP contribution in [0.3, 0.4) is 0 Å². The Bertz CT molecular complexity index is 820. The molecule has 6 heteroatoms. The lowest BCUT2D eigenvalue weighted by Gasteiger charge is -2.39. The highest BCUT2D eigenvalue weighted by Gasteiger charge is 2.25. The average Bonchev–Trinajstić information content (AvgIpc) is 2.52. The first-order valence-corrected chi connectivity index (χ1v) is 7.42. The molecule has 2 unspecified atom stereocenters. The molecule has 0 amide bonds. The van der Waals surface area contributed by atoms with Crippen molar-refractivity contribution in [1.82, 2.24) is 14.9 Å². The van der Waals surface area contributed by atoms with Gasteiger partial charge < -0.3 is 14.8 Å². The summed E-state index contributed by atoms with van der Waals surface area (Å²) in [4.78, 5) is 18.5. The summed E-state index contributed by atoms with van der Waals surface area (Å²) in [6, 6.07) is 7.87. The Kier molecular flexibility index (Phi) is 3.59. The van der Waals surface area contributed by atoms with Crippen molar-refractivity contribution in [3.63, 3.8) is 0 Å². The van der Waals surface area contributed by atoms with Crippen LogP contribution in [0.5, 0.6) is 0 Å². The second kappa shape index (κ2) is 5.43. The van der Waals surface area contributed by atoms with Crippen molar-refractivity contribution in [3.8, 4) is 6.07 Å². The third-order valence-electron chi connectivity index (χ3n) is 4.27. The van der Waals surface area contributed by atoms with Gasteiger partial charge in [-0.2, -0.15) is 5.26 Å². The molecule has 3 heterocycles. The SMILES string of the molecule is CC1CN(c2cc3c(ccc(=O)n3C)nc2C#N)C(C)CN1. The van der Waals surface area contributed by atoms with Gasteiger partial charge in [0.1, 0.15) is 6.07 Å². The second-order valence-corrected chi connectivity index (χ2v) is 5.91. The zero-order valence-corrected chi connectivity index (χ0v) is 13.0. The third-order valence-corrected chi connectivity index (χ3v) is 4.27. The number of aryl methyl sites for hydroxylation is 1. The summed E-state index contributed by atoms with van der Waals surface area (Å²) < 4.78 is 1.57. The second-order valence-electron chi connectivity index (χ2n) is 5.91. The fourth-order valence-corrected chi connectivity index (χ4v) is 2.94. The summed E-state index contributed by atoms with van der Waals surface area (Å²) in [6.07, 6.45) is 0. The molecule has 2 atom stereocenters. The van der Waals surface area contributed by atoms with E-state index >= 15 is 0 Å². The highest BCUT2D eigenvalue weighted by molar-refractivity contribution is 5.81. The Balaban J connectivity index is 2.21. The molecule has 0 aliphatic carbocycles. The number of anilines is 1. The number of piperazine rings is 1. The molecule has 114 valence electrons. The lowest BCUT2D eigenvalue weighted by atomic mass is 10.1. The van der Waals surface area contributed by atoms with Crippen LogP contribution >= 0.6 is 0 Å². The van der Waals surface area contributed by atoms with Crippen molar-refractivity contribution in [2.45, 2.75) is 25.9 Å². The summed E-state index contributed by atoms with van der Waals surface area (Å²) in [5, 5.41) is 12.9. The molecular formula is C16H19N5O. The number of rotatable bonds is 1. The largest absolute Gasteiger partial charge is 0.364 e. The van der Waals surface area contributed by atoms with Gasteiger partial charge in [0.2, 0.25) is 0 Å². The van der Waals surface area contributed by atoms with Crippen LogP contribution in [0.15, 0.2) is 23.0 Å². The van der Waals surface area contributed by atoms with Crippen molar-refractivity contribution < 1.29 is 0 Å². The lowest BCUT2D eigenvalue weighted by molar-refractivity contribution is 0.425. The smallest absolute Gasteiger partial charge is 0.250 e. The van der Waals surface area contributed by atoms with Gasteiger partial charge in [-0.25, -0.2) is 4.98 Å². The highest BCUT2D eigenvalue weighted by Crippen LogP contribution is 2.26. The summed E-state index contributed by atoms with van der Waals surface area (Å²) >= 11 is 0. The van der Waals surface area contributed by atoms with Gasteiger partial charge in [-0.15, -0.1) is 0 Å². The standard InChI is InChI=1S/C16H19N5O/c1-10-9-21(11(2)8-18-10)15-6-14-12(19-13(15)7-17)4-5-16(22)20(14)3/h4-6,10-11,18H,8-9H2,1-3H3. The van der Waals surface area contributed by atoms with E-state index in [2.05, 4.69) is 35.1 Å². The average molecular weight is 297 g/mol. The summed E-state index contributed by atoms with van der Waals surface area (Å²) in [5.41, 5.74) is 2.55. The normalized spacial score (nSPS) is 21.8. The van der Waals surface area contributed by atoms with Crippen LogP contribution in [-0.4, -0.2) is 34.7 Å². The van der Waals surface area contributed by atoms with Gasteiger partial charge in [-0.1, -0.05) is 0 Å². The Morgan fingerprint density at radius 3 is 2.91 bits per heavy atom. The molecular weight excluding hydrogens is 278 g/mol. The lowest BCUT2D eigenvalue weighted by Crippen LogP contribution is -2.54. The summed E-state index contributed by atoms with van der Waals surface area (Å²) in [5.74, 6) is 0. The van der Waals surface area contributed by atoms with Crippen molar-refractivity contribution >= 4 is 16.7 Å². The fourth-order valence-electron chi connectivity index (χ4n) is 2.94. The first-order chi connectivity index (χ1) is 10.5. The molecule has 1 saturated heterocycles. The van der Waals surface area contributed by atoms with Gasteiger partial charge in [0.05, 0.1) is 16.7 Å². The molecule has 0 spiro atoms. The zero-order chi connectivity index (χ0) is 15.9. The molecule has 1 fully saturated rings. The van der Waals surface area contributed by atoms with E-state index in [0.29, 0.717) is 17.3 Å². The van der Waals surface area contributed by atoms with Crippen molar-refractivity contribution in [1.29, 1.82) is 5.26 Å². The minimum Gasteiger partial charge on any atom is -0.364 e. The summed E-state index contributed by atoms with van der Waals surface area (Å²) in [6.45, 7) is 5.91. The van der Waals surface area contributed by atoms with Gasteiger partial charge in [-0.05, 0) is 26.0 Å². The number of aromatic nitrogens is 2. The molecule has 3 rings (SSSR count). The molecule has 2 aromatic heterocycles. The summed E-state index contributed by atoms with van der Waals surface area (Å²) in [7, 11) is 1.73. The molecule has 0 bridgehead atoms. The number of hydrogen-bond donors (Lipinski definition) is 1. The van der Waals surface area contributed by atoms with E-state index in [1.807, 2.05) is 6.07 Å². The van der Waals surface area contributed by atoms with Gasteiger partial charge in [0.25, 0.3) is 5.56 Å². The molecule has 0 radical (unpaired) electrons. The van der Waals surface area contributed by atoms with Gasteiger partial charge in [0.15, 0.2) is 5.69 Å². The Labute approximate surface area is 129 Å². The van der Waals surface area contributed by atoms with Crippen molar-refractivity contribution in [2.75, 3.05) is 18.0 Å². The number of pyridine rings is 2. The number of fused-ring (bicyclic) bond motifs is 1. The Hall–Kier alpha value is -2.39. The Morgan fingerprint density at radius 1 is 1.41 bits per heavy atom. The molecule has 2 aromatic rings. The van der Waals surface area contributed by atoms with Crippen LogP contribution in [0.2, 0.25) is 0 Å². The van der Waals surface area contributed by atoms with E-state index in [4.69, 9.17) is 0 Å². The number of nitrogens with one attached hydrogen (secondary N) is 1. The minimum atomic E-state index is -0.0771.